The van der Waals surface area contributed by atoms with Crippen LogP contribution in [0.5, 0.6) is 11.5 Å². The van der Waals surface area contributed by atoms with Crippen LogP contribution in [0.4, 0.5) is 18.9 Å². The Kier molecular flexibility index (Phi) is 7.59. The number of nitro groups is 1. The van der Waals surface area contributed by atoms with Crippen molar-refractivity contribution in [3.8, 4) is 11.5 Å². The Balaban J connectivity index is 2.02. The number of methoxy groups -OCH3 is 1. The highest BCUT2D eigenvalue weighted by molar-refractivity contribution is 5.95. The summed E-state index contributed by atoms with van der Waals surface area (Å²) in [4.78, 5) is 22.7. The largest absolute Gasteiger partial charge is 0.573 e. The zero-order chi connectivity index (χ0) is 22.3. The Morgan fingerprint density at radius 3 is 2.60 bits per heavy atom. The zero-order valence-electron chi connectivity index (χ0n) is 15.8. The van der Waals surface area contributed by atoms with Crippen molar-refractivity contribution >= 4 is 11.6 Å². The van der Waals surface area contributed by atoms with Crippen LogP contribution in [0.3, 0.4) is 0 Å². The maximum absolute atomic E-state index is 12.3. The minimum Gasteiger partial charge on any atom is -0.490 e. The lowest BCUT2D eigenvalue weighted by Gasteiger charge is -2.16. The molecule has 0 heterocycles. The van der Waals surface area contributed by atoms with E-state index in [0.717, 1.165) is 12.1 Å². The number of benzene rings is 2. The summed E-state index contributed by atoms with van der Waals surface area (Å²) in [7, 11) is 1.27. The van der Waals surface area contributed by atoms with Crippen LogP contribution < -0.4 is 14.8 Å². The summed E-state index contributed by atoms with van der Waals surface area (Å²) in [5.41, 5.74) is 0.134. The van der Waals surface area contributed by atoms with Crippen LogP contribution in [0, 0.1) is 16.0 Å². The number of rotatable bonds is 9. The second kappa shape index (κ2) is 9.92. The molecule has 0 aromatic heterocycles. The fraction of sp³-hybridized carbons (Fsp3) is 0.316. The molecule has 11 heteroatoms. The summed E-state index contributed by atoms with van der Waals surface area (Å²) >= 11 is 0. The van der Waals surface area contributed by atoms with Crippen molar-refractivity contribution in [1.82, 2.24) is 5.32 Å². The third-order valence-electron chi connectivity index (χ3n) is 4.10. The lowest BCUT2D eigenvalue weighted by molar-refractivity contribution is -0.385. The van der Waals surface area contributed by atoms with Crippen LogP contribution in [-0.2, 0) is 6.42 Å². The smallest absolute Gasteiger partial charge is 0.490 e. The first kappa shape index (κ1) is 22.9. The molecule has 2 aromatic carbocycles. The van der Waals surface area contributed by atoms with Crippen LogP contribution >= 0.6 is 0 Å². The first-order valence-electron chi connectivity index (χ1n) is 8.69. The van der Waals surface area contributed by atoms with E-state index in [1.165, 1.54) is 31.4 Å². The highest BCUT2D eigenvalue weighted by Gasteiger charge is 2.31. The van der Waals surface area contributed by atoms with E-state index in [0.29, 0.717) is 5.56 Å². The van der Waals surface area contributed by atoms with Gasteiger partial charge in [0, 0.05) is 30.7 Å². The first-order valence-corrected chi connectivity index (χ1v) is 8.69. The molecule has 0 saturated heterocycles. The van der Waals surface area contributed by atoms with Crippen LogP contribution in [0.15, 0.2) is 42.5 Å². The number of aliphatic hydroxyl groups is 1. The third-order valence-corrected chi connectivity index (χ3v) is 4.10. The second-order valence-corrected chi connectivity index (χ2v) is 6.30. The van der Waals surface area contributed by atoms with Crippen LogP contribution in [0.2, 0.25) is 0 Å². The summed E-state index contributed by atoms with van der Waals surface area (Å²) in [5, 5.41) is 23.2. The van der Waals surface area contributed by atoms with E-state index in [1.54, 1.807) is 6.07 Å². The summed E-state index contributed by atoms with van der Waals surface area (Å²) in [5.74, 6) is -1.48. The van der Waals surface area contributed by atoms with Gasteiger partial charge in [0.2, 0.25) is 0 Å². The molecule has 0 radical (unpaired) electrons. The number of nitrogens with zero attached hydrogens (tertiary/aromatic N) is 1. The first-order chi connectivity index (χ1) is 14.1. The van der Waals surface area contributed by atoms with Crippen molar-refractivity contribution in [2.45, 2.75) is 12.8 Å². The molecule has 2 rings (SSSR count). The lowest BCUT2D eigenvalue weighted by atomic mass is 9.99. The van der Waals surface area contributed by atoms with Gasteiger partial charge in [0.1, 0.15) is 5.75 Å². The molecule has 1 atom stereocenters. The third kappa shape index (κ3) is 6.62. The number of hydrogen-bond donors (Lipinski definition) is 2. The predicted octanol–water partition coefficient (Wildman–Crippen LogP) is 3.08. The molecule has 0 unspecified atom stereocenters. The van der Waals surface area contributed by atoms with Crippen LogP contribution in [0.1, 0.15) is 15.9 Å². The van der Waals surface area contributed by atoms with Crippen LogP contribution in [0.25, 0.3) is 0 Å². The van der Waals surface area contributed by atoms with Crippen LogP contribution in [-0.4, -0.2) is 42.6 Å². The van der Waals surface area contributed by atoms with E-state index in [-0.39, 0.29) is 42.3 Å². The van der Waals surface area contributed by atoms with E-state index in [2.05, 4.69) is 10.1 Å². The van der Waals surface area contributed by atoms with Gasteiger partial charge in [-0.3, -0.25) is 14.9 Å². The Bertz CT molecular complexity index is 904. The maximum atomic E-state index is 12.3. The van der Waals surface area contributed by atoms with Gasteiger partial charge in [-0.15, -0.1) is 13.2 Å². The number of nitro benzene ring substituents is 1. The molecule has 0 bridgehead atoms. The summed E-state index contributed by atoms with van der Waals surface area (Å²) in [6, 6.07) is 9.03. The molecular weight excluding hydrogens is 409 g/mol. The number of nitrogens with one attached hydrogen (secondary N) is 1. The Labute approximate surface area is 169 Å². The Morgan fingerprint density at radius 1 is 1.27 bits per heavy atom. The minimum atomic E-state index is -4.82. The molecule has 2 aromatic rings. The molecule has 0 saturated carbocycles. The summed E-state index contributed by atoms with van der Waals surface area (Å²) in [6.45, 7) is -0.340. The number of alkyl halides is 3. The SMILES string of the molecule is COc1ccc(C(=O)NC[C@H](CO)Cc2cccc(OC(F)(F)F)c2)cc1[N+](=O)[O-]. The van der Waals surface area contributed by atoms with Gasteiger partial charge in [0.25, 0.3) is 5.91 Å². The number of carbonyl (C=O) groups is 1. The highest BCUT2D eigenvalue weighted by Crippen LogP contribution is 2.27. The van der Waals surface area contributed by atoms with Gasteiger partial charge in [-0.25, -0.2) is 0 Å². The monoisotopic (exact) mass is 428 g/mol. The molecule has 0 spiro atoms. The van der Waals surface area contributed by atoms with E-state index in [1.807, 2.05) is 0 Å². The average molecular weight is 428 g/mol. The van der Waals surface area contributed by atoms with Gasteiger partial charge in [-0.1, -0.05) is 12.1 Å². The normalized spacial score (nSPS) is 12.2. The van der Waals surface area contributed by atoms with E-state index >= 15 is 0 Å². The van der Waals surface area contributed by atoms with Gasteiger partial charge in [-0.2, -0.15) is 0 Å². The highest BCUT2D eigenvalue weighted by atomic mass is 19.4. The van der Waals surface area contributed by atoms with Crippen molar-refractivity contribution in [2.24, 2.45) is 5.92 Å². The molecule has 0 aliphatic heterocycles. The fourth-order valence-electron chi connectivity index (χ4n) is 2.72. The van der Waals surface area contributed by atoms with Crippen molar-refractivity contribution in [3.05, 3.63) is 63.7 Å². The molecule has 1 amide bonds. The quantitative estimate of drug-likeness (QED) is 0.469. The molecular formula is C19H19F3N2O6. The fourth-order valence-corrected chi connectivity index (χ4v) is 2.72. The molecule has 8 nitrogen and oxygen atoms in total. The molecule has 0 aliphatic carbocycles. The predicted molar refractivity (Wildman–Crippen MR) is 99.4 cm³/mol. The number of aliphatic hydroxyl groups excluding tert-OH is 1. The summed E-state index contributed by atoms with van der Waals surface area (Å²) < 4.78 is 45.8. The lowest BCUT2D eigenvalue weighted by Crippen LogP contribution is -2.31. The number of halogens is 3. The summed E-state index contributed by atoms with van der Waals surface area (Å²) in [6.07, 6.45) is -4.64. The standard InChI is InChI=1S/C19H19F3N2O6/c1-29-17-6-5-14(9-16(17)24(27)28)18(26)23-10-13(11-25)7-12-3-2-4-15(8-12)30-19(20,21)22/h2-6,8-9,13,25H,7,10-11H2,1H3,(H,23,26)/t13-/m1/s1. The Hall–Kier alpha value is -3.34. The number of carbonyl (C=O) groups excluding carboxylic acids is 1. The van der Waals surface area contributed by atoms with Gasteiger partial charge in [-0.05, 0) is 36.2 Å². The van der Waals surface area contributed by atoms with E-state index < -0.39 is 23.1 Å². The second-order valence-electron chi connectivity index (χ2n) is 6.30. The number of ether oxygens (including phenoxy) is 2. The maximum Gasteiger partial charge on any atom is 0.573 e. The van der Waals surface area contributed by atoms with E-state index in [4.69, 9.17) is 4.74 Å². The van der Waals surface area contributed by atoms with Gasteiger partial charge in [0.15, 0.2) is 5.75 Å². The van der Waals surface area contributed by atoms with Crippen molar-refractivity contribution < 1.29 is 37.5 Å². The van der Waals surface area contributed by atoms with Crippen molar-refractivity contribution in [1.29, 1.82) is 0 Å². The average Bonchev–Trinajstić information content (AvgIpc) is 2.69. The number of hydrogen-bond acceptors (Lipinski definition) is 6. The van der Waals surface area contributed by atoms with Gasteiger partial charge in [0.05, 0.1) is 12.0 Å². The van der Waals surface area contributed by atoms with Gasteiger partial charge < -0.3 is 19.9 Å². The minimum absolute atomic E-state index is 0.000480. The van der Waals surface area contributed by atoms with Crippen molar-refractivity contribution in [3.63, 3.8) is 0 Å². The zero-order valence-corrected chi connectivity index (χ0v) is 15.8. The topological polar surface area (TPSA) is 111 Å². The van der Waals surface area contributed by atoms with Gasteiger partial charge >= 0.3 is 12.0 Å². The molecule has 0 aliphatic rings. The molecule has 30 heavy (non-hydrogen) atoms. The van der Waals surface area contributed by atoms with Crippen molar-refractivity contribution in [2.75, 3.05) is 20.3 Å². The number of amides is 1. The van der Waals surface area contributed by atoms with E-state index in [9.17, 15) is 33.2 Å². The Morgan fingerprint density at radius 2 is 2.00 bits per heavy atom. The molecule has 0 fully saturated rings. The molecule has 162 valence electrons. The molecule has 2 N–H and O–H groups in total.